The average molecular weight is 390 g/mol. The largest absolute Gasteiger partial charge is 0.497 e. The molecule has 2 N–H and O–H groups in total. The molecule has 0 saturated heterocycles. The van der Waals surface area contributed by atoms with E-state index in [-0.39, 0.29) is 22.5 Å². The van der Waals surface area contributed by atoms with Crippen LogP contribution in [0.4, 0.5) is 19.0 Å². The van der Waals surface area contributed by atoms with E-state index in [0.29, 0.717) is 12.3 Å². The zero-order valence-electron chi connectivity index (χ0n) is 15.1. The maximum atomic E-state index is 13.0. The predicted molar refractivity (Wildman–Crippen MR) is 98.3 cm³/mol. The number of ether oxygens (including phenoxy) is 1. The lowest BCUT2D eigenvalue weighted by Crippen LogP contribution is -2.22. The lowest BCUT2D eigenvalue weighted by Gasteiger charge is -2.13. The minimum atomic E-state index is -4.49. The van der Waals surface area contributed by atoms with E-state index in [1.54, 1.807) is 19.2 Å². The van der Waals surface area contributed by atoms with Crippen LogP contribution < -0.4 is 15.4 Å². The second-order valence-electron chi connectivity index (χ2n) is 5.90. The summed E-state index contributed by atoms with van der Waals surface area (Å²) in [5.74, 6) is 0.300. The van der Waals surface area contributed by atoms with Crippen LogP contribution >= 0.6 is 0 Å². The minimum Gasteiger partial charge on any atom is -0.497 e. The number of hydrogen-bond acceptors (Lipinski definition) is 5. The molecule has 0 radical (unpaired) electrons. The van der Waals surface area contributed by atoms with Crippen LogP contribution in [0.25, 0.3) is 11.0 Å². The summed E-state index contributed by atoms with van der Waals surface area (Å²) in [6, 6.07) is 10.2. The Balaban J connectivity index is 1.97. The van der Waals surface area contributed by atoms with Crippen LogP contribution in [0, 0.1) is 0 Å². The summed E-state index contributed by atoms with van der Waals surface area (Å²) in [5.41, 5.74) is 0.280. The van der Waals surface area contributed by atoms with Gasteiger partial charge in [-0.15, -0.1) is 0 Å². The van der Waals surface area contributed by atoms with Gasteiger partial charge in [-0.1, -0.05) is 12.1 Å². The molecule has 2 aromatic carbocycles. The molecular formula is C19H17F3N4O2. The number of fused-ring (bicyclic) bond motifs is 1. The molecule has 0 aliphatic rings. The Hall–Kier alpha value is -3.36. The first-order valence-electron chi connectivity index (χ1n) is 8.29. The van der Waals surface area contributed by atoms with Gasteiger partial charge >= 0.3 is 6.18 Å². The molecule has 3 rings (SSSR count). The number of nitrogens with zero attached hydrogens (tertiary/aromatic N) is 2. The van der Waals surface area contributed by atoms with E-state index in [2.05, 4.69) is 20.6 Å². The van der Waals surface area contributed by atoms with Crippen molar-refractivity contribution >= 4 is 22.8 Å². The van der Waals surface area contributed by atoms with Crippen LogP contribution in [-0.2, 0) is 12.7 Å². The highest BCUT2D eigenvalue weighted by Crippen LogP contribution is 2.31. The predicted octanol–water partition coefficient (Wildman–Crippen LogP) is 3.63. The van der Waals surface area contributed by atoms with Gasteiger partial charge in [-0.2, -0.15) is 13.2 Å². The SMILES string of the molecule is CNC(=O)c1nc2ccc(C(F)(F)F)cc2nc1NCc1ccc(OC)cc1. The number of carbonyl (C=O) groups is 1. The first-order valence-corrected chi connectivity index (χ1v) is 8.29. The molecule has 28 heavy (non-hydrogen) atoms. The summed E-state index contributed by atoms with van der Waals surface area (Å²) in [6.07, 6.45) is -4.49. The molecule has 3 aromatic rings. The van der Waals surface area contributed by atoms with Gasteiger partial charge in [0.05, 0.1) is 23.7 Å². The van der Waals surface area contributed by atoms with Crippen LogP contribution in [0.2, 0.25) is 0 Å². The van der Waals surface area contributed by atoms with Crippen molar-refractivity contribution in [3.63, 3.8) is 0 Å². The van der Waals surface area contributed by atoms with Gasteiger partial charge in [0.1, 0.15) is 5.75 Å². The van der Waals surface area contributed by atoms with Gasteiger partial charge < -0.3 is 15.4 Å². The number of hydrogen-bond donors (Lipinski definition) is 2. The van der Waals surface area contributed by atoms with Gasteiger partial charge in [-0.25, -0.2) is 9.97 Å². The van der Waals surface area contributed by atoms with Crippen molar-refractivity contribution < 1.29 is 22.7 Å². The van der Waals surface area contributed by atoms with Crippen molar-refractivity contribution in [3.8, 4) is 5.75 Å². The molecule has 0 unspecified atom stereocenters. The molecule has 1 aromatic heterocycles. The highest BCUT2D eigenvalue weighted by Gasteiger charge is 2.31. The van der Waals surface area contributed by atoms with Crippen molar-refractivity contribution in [2.24, 2.45) is 0 Å². The van der Waals surface area contributed by atoms with E-state index in [0.717, 1.165) is 17.7 Å². The summed E-state index contributed by atoms with van der Waals surface area (Å²) >= 11 is 0. The van der Waals surface area contributed by atoms with Gasteiger partial charge in [0.2, 0.25) is 0 Å². The maximum Gasteiger partial charge on any atom is 0.416 e. The number of nitrogens with one attached hydrogen (secondary N) is 2. The van der Waals surface area contributed by atoms with E-state index in [1.807, 2.05) is 12.1 Å². The molecule has 0 aliphatic carbocycles. The standard InChI is InChI=1S/C19H17F3N4O2/c1-23-18(27)16-17(24-10-11-3-6-13(28-2)7-4-11)26-15-9-12(19(20,21)22)5-8-14(15)25-16/h3-9H,10H2,1-2H3,(H,23,27)(H,24,26). The zero-order chi connectivity index (χ0) is 20.3. The lowest BCUT2D eigenvalue weighted by atomic mass is 10.1. The molecule has 0 bridgehead atoms. The van der Waals surface area contributed by atoms with Gasteiger partial charge in [0.15, 0.2) is 11.5 Å². The highest BCUT2D eigenvalue weighted by molar-refractivity contribution is 5.98. The molecule has 9 heteroatoms. The number of carbonyl (C=O) groups excluding carboxylic acids is 1. The Kier molecular flexibility index (Phi) is 5.34. The van der Waals surface area contributed by atoms with Crippen LogP contribution in [0.15, 0.2) is 42.5 Å². The Morgan fingerprint density at radius 1 is 1.07 bits per heavy atom. The number of aromatic nitrogens is 2. The van der Waals surface area contributed by atoms with Gasteiger partial charge in [-0.3, -0.25) is 4.79 Å². The summed E-state index contributed by atoms with van der Waals surface area (Å²) in [5, 5.41) is 5.43. The number of halogens is 3. The van der Waals surface area contributed by atoms with Gasteiger partial charge in [-0.05, 0) is 35.9 Å². The molecule has 0 fully saturated rings. The summed E-state index contributed by atoms with van der Waals surface area (Å²) in [4.78, 5) is 20.5. The van der Waals surface area contributed by atoms with E-state index < -0.39 is 17.6 Å². The highest BCUT2D eigenvalue weighted by atomic mass is 19.4. The molecule has 0 spiro atoms. The lowest BCUT2D eigenvalue weighted by molar-refractivity contribution is -0.137. The average Bonchev–Trinajstić information content (AvgIpc) is 2.70. The van der Waals surface area contributed by atoms with E-state index in [9.17, 15) is 18.0 Å². The maximum absolute atomic E-state index is 13.0. The monoisotopic (exact) mass is 390 g/mol. The second-order valence-corrected chi connectivity index (χ2v) is 5.90. The van der Waals surface area contributed by atoms with E-state index >= 15 is 0 Å². The molecule has 0 aliphatic heterocycles. The molecule has 1 heterocycles. The zero-order valence-corrected chi connectivity index (χ0v) is 15.1. The third-order valence-electron chi connectivity index (χ3n) is 4.05. The number of rotatable bonds is 5. The number of amides is 1. The van der Waals surface area contributed by atoms with Crippen LogP contribution in [-0.4, -0.2) is 30.0 Å². The number of methoxy groups -OCH3 is 1. The van der Waals surface area contributed by atoms with Crippen LogP contribution in [0.5, 0.6) is 5.75 Å². The fourth-order valence-electron chi connectivity index (χ4n) is 2.56. The Labute approximate surface area is 158 Å². The Morgan fingerprint density at radius 3 is 2.39 bits per heavy atom. The third-order valence-corrected chi connectivity index (χ3v) is 4.05. The van der Waals surface area contributed by atoms with Crippen molar-refractivity contribution in [1.29, 1.82) is 0 Å². The fraction of sp³-hybridized carbons (Fsp3) is 0.211. The molecule has 0 atom stereocenters. The fourth-order valence-corrected chi connectivity index (χ4v) is 2.56. The quantitative estimate of drug-likeness (QED) is 0.696. The van der Waals surface area contributed by atoms with Crippen molar-refractivity contribution in [2.45, 2.75) is 12.7 Å². The topological polar surface area (TPSA) is 76.1 Å². The van der Waals surface area contributed by atoms with E-state index in [4.69, 9.17) is 4.74 Å². The minimum absolute atomic E-state index is 0.00303. The van der Waals surface area contributed by atoms with Gasteiger partial charge in [0.25, 0.3) is 5.91 Å². The molecular weight excluding hydrogens is 373 g/mol. The Bertz CT molecular complexity index is 1000. The smallest absolute Gasteiger partial charge is 0.416 e. The number of benzene rings is 2. The van der Waals surface area contributed by atoms with Gasteiger partial charge in [0, 0.05) is 13.6 Å². The van der Waals surface area contributed by atoms with Crippen LogP contribution in [0.3, 0.4) is 0 Å². The Morgan fingerprint density at radius 2 is 1.79 bits per heavy atom. The number of alkyl halides is 3. The summed E-state index contributed by atoms with van der Waals surface area (Å²) in [7, 11) is 3.00. The normalized spacial score (nSPS) is 11.3. The first-order chi connectivity index (χ1) is 13.3. The summed E-state index contributed by atoms with van der Waals surface area (Å²) in [6.45, 7) is 0.299. The molecule has 1 amide bonds. The van der Waals surface area contributed by atoms with Crippen molar-refractivity contribution in [3.05, 3.63) is 59.3 Å². The number of anilines is 1. The van der Waals surface area contributed by atoms with Crippen molar-refractivity contribution in [2.75, 3.05) is 19.5 Å². The van der Waals surface area contributed by atoms with E-state index in [1.165, 1.54) is 13.1 Å². The van der Waals surface area contributed by atoms with Crippen LogP contribution in [0.1, 0.15) is 21.6 Å². The molecule has 146 valence electrons. The molecule has 0 saturated carbocycles. The molecule has 6 nitrogen and oxygen atoms in total. The third kappa shape index (κ3) is 4.13. The summed E-state index contributed by atoms with van der Waals surface area (Å²) < 4.78 is 44.0. The second kappa shape index (κ2) is 7.71. The first kappa shape index (κ1) is 19.4. The van der Waals surface area contributed by atoms with Crippen molar-refractivity contribution in [1.82, 2.24) is 15.3 Å².